The van der Waals surface area contributed by atoms with Crippen molar-refractivity contribution in [1.29, 1.82) is 0 Å². The Hall–Kier alpha value is -3.62. The minimum absolute atomic E-state index is 0.00800. The van der Waals surface area contributed by atoms with Gasteiger partial charge in [-0.15, -0.1) is 0 Å². The molecule has 5 rings (SSSR count). The van der Waals surface area contributed by atoms with Crippen LogP contribution < -0.4 is 9.47 Å². The van der Waals surface area contributed by atoms with Crippen LogP contribution in [0.5, 0.6) is 10.9 Å². The maximum atomic E-state index is 15.0. The molecule has 1 aromatic heterocycles. The number of ether oxygens (including phenoxy) is 3. The van der Waals surface area contributed by atoms with Crippen molar-refractivity contribution in [1.82, 2.24) is 19.7 Å². The highest BCUT2D eigenvalue weighted by molar-refractivity contribution is 7.14. The van der Waals surface area contributed by atoms with Crippen molar-refractivity contribution < 1.29 is 38.1 Å². The second kappa shape index (κ2) is 14.8. The molecule has 1 N–H and O–H groups in total. The van der Waals surface area contributed by atoms with E-state index in [9.17, 15) is 14.7 Å². The molecule has 1 saturated carbocycles. The molecule has 1 aliphatic carbocycles. The number of benzene rings is 1. The Morgan fingerprint density at radius 1 is 1.08 bits per heavy atom. The zero-order valence-corrected chi connectivity index (χ0v) is 33.5. The number of thiazole rings is 1. The van der Waals surface area contributed by atoms with Crippen LogP contribution in [0.4, 0.5) is 9.59 Å². The molecule has 2 aromatic rings. The normalized spacial score (nSPS) is 19.6. The van der Waals surface area contributed by atoms with E-state index in [0.717, 1.165) is 40.2 Å². The number of amides is 3. The SMILES string of the molecule is COc1cccc(CN(C(=O)C2=C(c3cnc(OCCO[Si](C)(C)C(C)(C)C)s3)CC3CN(C(=O)OC(C)(C)C)C[C@H]2N3C(=O)O)C2CC2)c1C. The average molecular weight is 743 g/mol. The molecule has 1 aromatic carbocycles. The number of rotatable bonds is 11. The number of hydrogen-bond acceptors (Lipinski definition) is 9. The molecule has 0 spiro atoms. The second-order valence-corrected chi connectivity index (χ2v) is 22.0. The molecule has 51 heavy (non-hydrogen) atoms. The van der Waals surface area contributed by atoms with Crippen LogP contribution in [0.3, 0.4) is 0 Å². The fourth-order valence-corrected chi connectivity index (χ4v) is 8.31. The van der Waals surface area contributed by atoms with Gasteiger partial charge < -0.3 is 33.5 Å². The third kappa shape index (κ3) is 8.71. The van der Waals surface area contributed by atoms with E-state index in [0.29, 0.717) is 30.5 Å². The first-order chi connectivity index (χ1) is 23.8. The van der Waals surface area contributed by atoms with Gasteiger partial charge in [-0.25, -0.2) is 14.6 Å². The van der Waals surface area contributed by atoms with E-state index in [2.05, 4.69) is 38.8 Å². The smallest absolute Gasteiger partial charge is 0.410 e. The summed E-state index contributed by atoms with van der Waals surface area (Å²) in [6.45, 7) is 19.6. The maximum Gasteiger partial charge on any atom is 0.410 e. The van der Waals surface area contributed by atoms with Crippen molar-refractivity contribution >= 4 is 43.3 Å². The Bertz CT molecular complexity index is 1660. The molecule has 2 fully saturated rings. The first kappa shape index (κ1) is 38.6. The van der Waals surface area contributed by atoms with Crippen LogP contribution in [-0.2, 0) is 20.5 Å². The van der Waals surface area contributed by atoms with Crippen LogP contribution >= 0.6 is 11.3 Å². The molecule has 0 radical (unpaired) electrons. The summed E-state index contributed by atoms with van der Waals surface area (Å²) in [6.07, 6.45) is 1.99. The number of carbonyl (C=O) groups is 3. The minimum Gasteiger partial charge on any atom is -0.496 e. The number of methoxy groups -OCH3 is 1. The van der Waals surface area contributed by atoms with Gasteiger partial charge in [0.15, 0.2) is 8.32 Å². The molecule has 1 saturated heterocycles. The topological polar surface area (TPSA) is 131 Å². The summed E-state index contributed by atoms with van der Waals surface area (Å²) in [5, 5.41) is 11.1. The highest BCUT2D eigenvalue weighted by atomic mass is 32.1. The van der Waals surface area contributed by atoms with Crippen LogP contribution in [0.25, 0.3) is 5.57 Å². The van der Waals surface area contributed by atoms with Gasteiger partial charge in [-0.2, -0.15) is 0 Å². The van der Waals surface area contributed by atoms with Gasteiger partial charge in [-0.1, -0.05) is 44.2 Å². The zero-order chi connectivity index (χ0) is 37.5. The predicted octanol–water partition coefficient (Wildman–Crippen LogP) is 7.18. The molecule has 2 aliphatic heterocycles. The lowest BCUT2D eigenvalue weighted by molar-refractivity contribution is -0.129. The third-order valence-corrected chi connectivity index (χ3v) is 15.8. The Kier molecular flexibility index (Phi) is 11.2. The van der Waals surface area contributed by atoms with Gasteiger partial charge in [0.25, 0.3) is 11.1 Å². The summed E-state index contributed by atoms with van der Waals surface area (Å²) in [6, 6.07) is 4.32. The molecule has 14 heteroatoms. The quantitative estimate of drug-likeness (QED) is 0.188. The number of aromatic nitrogens is 1. The van der Waals surface area contributed by atoms with Gasteiger partial charge in [0.2, 0.25) is 0 Å². The van der Waals surface area contributed by atoms with E-state index in [4.69, 9.17) is 18.6 Å². The average Bonchev–Trinajstić information content (AvgIpc) is 3.76. The van der Waals surface area contributed by atoms with Gasteiger partial charge in [0, 0.05) is 37.4 Å². The van der Waals surface area contributed by atoms with E-state index in [1.54, 1.807) is 39.0 Å². The van der Waals surface area contributed by atoms with Crippen LogP contribution in [0.15, 0.2) is 30.0 Å². The molecular formula is C37H54N4O8SSi. The second-order valence-electron chi connectivity index (χ2n) is 16.2. The molecule has 3 aliphatic rings. The Morgan fingerprint density at radius 3 is 2.39 bits per heavy atom. The number of fused-ring (bicyclic) bond motifs is 2. The lowest BCUT2D eigenvalue weighted by Gasteiger charge is -2.50. The predicted molar refractivity (Wildman–Crippen MR) is 199 cm³/mol. The monoisotopic (exact) mass is 742 g/mol. The molecular weight excluding hydrogens is 689 g/mol. The summed E-state index contributed by atoms with van der Waals surface area (Å²) < 4.78 is 23.6. The van der Waals surface area contributed by atoms with Gasteiger partial charge in [0.05, 0.1) is 30.7 Å². The molecule has 2 bridgehead atoms. The Balaban J connectivity index is 1.51. The van der Waals surface area contributed by atoms with Gasteiger partial charge in [0.1, 0.15) is 18.0 Å². The number of piperazine rings is 1. The molecule has 12 nitrogen and oxygen atoms in total. The van der Waals surface area contributed by atoms with Crippen LogP contribution in [0, 0.1) is 6.92 Å². The first-order valence-corrected chi connectivity index (χ1v) is 21.4. The highest BCUT2D eigenvalue weighted by Gasteiger charge is 2.50. The Labute approximate surface area is 306 Å². The molecule has 3 amide bonds. The van der Waals surface area contributed by atoms with Crippen molar-refractivity contribution in [2.75, 3.05) is 33.4 Å². The number of carboxylic acid groups (broad SMARTS) is 1. The first-order valence-electron chi connectivity index (χ1n) is 17.7. The number of carbonyl (C=O) groups excluding carboxylic acids is 2. The molecule has 280 valence electrons. The van der Waals surface area contributed by atoms with E-state index >= 15 is 4.79 Å². The van der Waals surface area contributed by atoms with E-state index in [1.165, 1.54) is 16.2 Å². The minimum atomic E-state index is -1.94. The third-order valence-electron chi connectivity index (χ3n) is 10.3. The van der Waals surface area contributed by atoms with Crippen molar-refractivity contribution in [3.63, 3.8) is 0 Å². The summed E-state index contributed by atoms with van der Waals surface area (Å²) in [5.41, 5.74) is 2.27. The summed E-state index contributed by atoms with van der Waals surface area (Å²) >= 11 is 1.34. The van der Waals surface area contributed by atoms with Crippen molar-refractivity contribution in [3.05, 3.63) is 46.0 Å². The lowest BCUT2D eigenvalue weighted by Crippen LogP contribution is -2.65. The van der Waals surface area contributed by atoms with Crippen LogP contribution in [0.1, 0.15) is 76.8 Å². The van der Waals surface area contributed by atoms with Crippen molar-refractivity contribution in [3.8, 4) is 10.9 Å². The van der Waals surface area contributed by atoms with Crippen molar-refractivity contribution in [2.45, 2.75) is 116 Å². The van der Waals surface area contributed by atoms with Gasteiger partial charge in [-0.05, 0) is 87.9 Å². The maximum absolute atomic E-state index is 15.0. The fraction of sp³-hybridized carbons (Fsp3) is 0.622. The molecule has 2 atom stereocenters. The standard InChI is InChI=1S/C37H54N4O8SSi/c1-23-24(12-11-13-29(23)46-8)20-40(25-14-15-25)32(42)31-27(30-19-38-33(50-30)47-16-17-48-51(9,10)37(5,6)7)18-26-21-39(35(45)49-36(2,3)4)22-28(31)41(26)34(43)44/h11-13,19,25-26,28H,14-18,20-22H2,1-10H3,(H,43,44)/t26?,28-/m1/s1. The van der Waals surface area contributed by atoms with E-state index in [1.807, 2.05) is 30.0 Å². The fourth-order valence-electron chi connectivity index (χ4n) is 6.43. The zero-order valence-electron chi connectivity index (χ0n) is 31.7. The molecule has 3 heterocycles. The van der Waals surface area contributed by atoms with Gasteiger partial charge in [-0.3, -0.25) is 9.69 Å². The lowest BCUT2D eigenvalue weighted by atomic mass is 9.83. The van der Waals surface area contributed by atoms with Crippen LogP contribution in [0.2, 0.25) is 18.1 Å². The van der Waals surface area contributed by atoms with Crippen LogP contribution in [-0.4, -0.2) is 108 Å². The summed E-state index contributed by atoms with van der Waals surface area (Å²) in [5.74, 6) is 0.495. The largest absolute Gasteiger partial charge is 0.496 e. The summed E-state index contributed by atoms with van der Waals surface area (Å²) in [4.78, 5) is 51.3. The van der Waals surface area contributed by atoms with E-state index in [-0.39, 0.29) is 36.5 Å². The van der Waals surface area contributed by atoms with Gasteiger partial charge >= 0.3 is 12.2 Å². The highest BCUT2D eigenvalue weighted by Crippen LogP contribution is 2.44. The Morgan fingerprint density at radius 2 is 1.78 bits per heavy atom. The number of nitrogens with zero attached hydrogens (tertiary/aromatic N) is 4. The van der Waals surface area contributed by atoms with Crippen molar-refractivity contribution in [2.24, 2.45) is 0 Å². The van der Waals surface area contributed by atoms with E-state index < -0.39 is 38.2 Å². The number of hydrogen-bond donors (Lipinski definition) is 1. The summed E-state index contributed by atoms with van der Waals surface area (Å²) in [7, 11) is -0.313. The molecule has 1 unspecified atom stereocenters.